The van der Waals surface area contributed by atoms with Crippen molar-refractivity contribution in [3.8, 4) is 0 Å². The molecule has 1 atom stereocenters. The first-order chi connectivity index (χ1) is 6.17. The molecule has 0 saturated carbocycles. The minimum Gasteiger partial charge on any atom is -0.264 e. The van der Waals surface area contributed by atoms with E-state index in [1.807, 2.05) is 25.1 Å². The van der Waals surface area contributed by atoms with Gasteiger partial charge in [0.1, 0.15) is 3.55 Å². The quantitative estimate of drug-likeness (QED) is 0.409. The van der Waals surface area contributed by atoms with Crippen molar-refractivity contribution >= 4 is 34.4 Å². The highest BCUT2D eigenvalue weighted by Crippen LogP contribution is 2.31. The Morgan fingerprint density at radius 3 is 3.15 bits per heavy atom. The van der Waals surface area contributed by atoms with Crippen molar-refractivity contribution < 1.29 is 0 Å². The SMILES string of the molecule is CC1(I)C=Cc2cnccc2N=N1. The van der Waals surface area contributed by atoms with E-state index < -0.39 is 0 Å². The van der Waals surface area contributed by atoms with Crippen LogP contribution in [0.15, 0.2) is 34.8 Å². The van der Waals surface area contributed by atoms with Crippen LogP contribution in [0, 0.1) is 0 Å². The zero-order chi connectivity index (χ0) is 9.31. The standard InChI is InChI=1S/C9H8IN3/c1-9(10)4-2-7-6-11-5-3-8(7)12-13-9/h2-6H,1H3. The number of halogens is 1. The molecule has 1 unspecified atom stereocenters. The number of aromatic nitrogens is 1. The van der Waals surface area contributed by atoms with Crippen LogP contribution in [0.5, 0.6) is 0 Å². The van der Waals surface area contributed by atoms with Crippen LogP contribution in [0.25, 0.3) is 6.08 Å². The normalized spacial score (nSPS) is 25.4. The third-order valence-electron chi connectivity index (χ3n) is 1.75. The Balaban J connectivity index is 2.53. The van der Waals surface area contributed by atoms with Gasteiger partial charge in [-0.15, -0.1) is 0 Å². The molecule has 0 aliphatic carbocycles. The summed E-state index contributed by atoms with van der Waals surface area (Å²) in [5.74, 6) is 0. The first-order valence-electron chi connectivity index (χ1n) is 3.92. The first-order valence-corrected chi connectivity index (χ1v) is 5.00. The van der Waals surface area contributed by atoms with Crippen molar-refractivity contribution in [3.05, 3.63) is 30.1 Å². The molecule has 0 saturated heterocycles. The molecule has 0 aromatic carbocycles. The van der Waals surface area contributed by atoms with E-state index in [-0.39, 0.29) is 3.55 Å². The monoisotopic (exact) mass is 285 g/mol. The fourth-order valence-electron chi connectivity index (χ4n) is 1.05. The third-order valence-corrected chi connectivity index (χ3v) is 2.32. The van der Waals surface area contributed by atoms with Gasteiger partial charge in [-0.05, 0) is 41.7 Å². The van der Waals surface area contributed by atoms with Crippen LogP contribution in [0.1, 0.15) is 12.5 Å². The zero-order valence-corrected chi connectivity index (χ0v) is 9.26. The molecule has 0 spiro atoms. The number of alkyl halides is 1. The van der Waals surface area contributed by atoms with Gasteiger partial charge in [0.15, 0.2) is 0 Å². The van der Waals surface area contributed by atoms with Gasteiger partial charge in [-0.2, -0.15) is 10.2 Å². The van der Waals surface area contributed by atoms with E-state index in [0.29, 0.717) is 0 Å². The van der Waals surface area contributed by atoms with Crippen molar-refractivity contribution in [2.75, 3.05) is 0 Å². The topological polar surface area (TPSA) is 37.6 Å². The second kappa shape index (κ2) is 3.17. The fraction of sp³-hybridized carbons (Fsp3) is 0.222. The molecule has 4 heteroatoms. The van der Waals surface area contributed by atoms with Gasteiger partial charge in [0.2, 0.25) is 0 Å². The van der Waals surface area contributed by atoms with Crippen molar-refractivity contribution in [1.29, 1.82) is 0 Å². The molecule has 0 amide bonds. The van der Waals surface area contributed by atoms with Gasteiger partial charge in [-0.25, -0.2) is 0 Å². The highest BCUT2D eigenvalue weighted by molar-refractivity contribution is 14.1. The Bertz CT molecular complexity index is 347. The molecular formula is C9H8IN3. The van der Waals surface area contributed by atoms with E-state index >= 15 is 0 Å². The van der Waals surface area contributed by atoms with Crippen molar-refractivity contribution in [2.24, 2.45) is 10.2 Å². The molecule has 2 rings (SSSR count). The van der Waals surface area contributed by atoms with E-state index in [9.17, 15) is 0 Å². The van der Waals surface area contributed by atoms with Gasteiger partial charge in [0, 0.05) is 18.0 Å². The molecule has 1 aliphatic rings. The smallest absolute Gasteiger partial charge is 0.148 e. The average molecular weight is 285 g/mol. The van der Waals surface area contributed by atoms with Gasteiger partial charge in [0.25, 0.3) is 0 Å². The molecule has 0 fully saturated rings. The minimum absolute atomic E-state index is 0.239. The Hall–Kier alpha value is -0.780. The van der Waals surface area contributed by atoms with Crippen LogP contribution in [0.3, 0.4) is 0 Å². The number of hydrogen-bond donors (Lipinski definition) is 0. The lowest BCUT2D eigenvalue weighted by molar-refractivity contribution is 0.830. The summed E-state index contributed by atoms with van der Waals surface area (Å²) in [6, 6.07) is 1.86. The largest absolute Gasteiger partial charge is 0.264 e. The Morgan fingerprint density at radius 2 is 2.31 bits per heavy atom. The highest BCUT2D eigenvalue weighted by Gasteiger charge is 2.16. The van der Waals surface area contributed by atoms with Gasteiger partial charge >= 0.3 is 0 Å². The number of hydrogen-bond acceptors (Lipinski definition) is 3. The van der Waals surface area contributed by atoms with Crippen LogP contribution in [-0.2, 0) is 0 Å². The van der Waals surface area contributed by atoms with Crippen LogP contribution in [0.2, 0.25) is 0 Å². The summed E-state index contributed by atoms with van der Waals surface area (Å²) < 4.78 is -0.239. The van der Waals surface area contributed by atoms with Crippen LogP contribution >= 0.6 is 22.6 Å². The van der Waals surface area contributed by atoms with Crippen LogP contribution in [-0.4, -0.2) is 8.53 Å². The predicted molar refractivity (Wildman–Crippen MR) is 60.2 cm³/mol. The fourth-order valence-corrected chi connectivity index (χ4v) is 1.33. The van der Waals surface area contributed by atoms with E-state index in [0.717, 1.165) is 11.3 Å². The van der Waals surface area contributed by atoms with Gasteiger partial charge in [-0.3, -0.25) is 4.98 Å². The molecule has 1 aromatic rings. The van der Waals surface area contributed by atoms with E-state index in [1.54, 1.807) is 12.4 Å². The maximum Gasteiger partial charge on any atom is 0.148 e. The van der Waals surface area contributed by atoms with Gasteiger partial charge in [0.05, 0.1) is 5.69 Å². The molecule has 0 radical (unpaired) electrons. The maximum absolute atomic E-state index is 4.19. The number of azo groups is 1. The predicted octanol–water partition coefficient (Wildman–Crippen LogP) is 3.34. The van der Waals surface area contributed by atoms with Crippen LogP contribution < -0.4 is 0 Å². The Labute approximate surface area is 90.1 Å². The summed E-state index contributed by atoms with van der Waals surface area (Å²) in [6.07, 6.45) is 7.55. The van der Waals surface area contributed by atoms with E-state index in [4.69, 9.17) is 0 Å². The molecule has 13 heavy (non-hydrogen) atoms. The lowest BCUT2D eigenvalue weighted by atomic mass is 10.2. The average Bonchev–Trinajstić information content (AvgIpc) is 2.27. The zero-order valence-electron chi connectivity index (χ0n) is 7.11. The van der Waals surface area contributed by atoms with Gasteiger partial charge in [-0.1, -0.05) is 6.08 Å². The van der Waals surface area contributed by atoms with Crippen LogP contribution in [0.4, 0.5) is 5.69 Å². The molecular weight excluding hydrogens is 277 g/mol. The minimum atomic E-state index is -0.239. The molecule has 2 heterocycles. The summed E-state index contributed by atoms with van der Waals surface area (Å²) in [6.45, 7) is 2.01. The maximum atomic E-state index is 4.19. The lowest BCUT2D eigenvalue weighted by Crippen LogP contribution is -2.03. The molecule has 0 N–H and O–H groups in total. The molecule has 3 nitrogen and oxygen atoms in total. The Morgan fingerprint density at radius 1 is 1.46 bits per heavy atom. The number of nitrogens with zero attached hydrogens (tertiary/aromatic N) is 3. The number of fused-ring (bicyclic) bond motifs is 1. The second-order valence-electron chi connectivity index (χ2n) is 2.99. The first kappa shape index (κ1) is 8.80. The summed E-state index contributed by atoms with van der Waals surface area (Å²) >= 11 is 2.25. The van der Waals surface area contributed by atoms with Crippen molar-refractivity contribution in [3.63, 3.8) is 0 Å². The Kier molecular flexibility index (Phi) is 2.15. The molecule has 0 bridgehead atoms. The summed E-state index contributed by atoms with van der Waals surface area (Å²) in [5, 5.41) is 8.35. The highest BCUT2D eigenvalue weighted by atomic mass is 127. The third kappa shape index (κ3) is 1.93. The second-order valence-corrected chi connectivity index (χ2v) is 5.18. The van der Waals surface area contributed by atoms with E-state index in [1.165, 1.54) is 0 Å². The number of rotatable bonds is 0. The summed E-state index contributed by atoms with van der Waals surface area (Å²) in [7, 11) is 0. The van der Waals surface area contributed by atoms with Gasteiger partial charge < -0.3 is 0 Å². The molecule has 1 aliphatic heterocycles. The lowest BCUT2D eigenvalue weighted by Gasteiger charge is -2.06. The summed E-state index contributed by atoms with van der Waals surface area (Å²) in [4.78, 5) is 4.03. The summed E-state index contributed by atoms with van der Waals surface area (Å²) in [5.41, 5.74) is 1.90. The molecule has 1 aromatic heterocycles. The van der Waals surface area contributed by atoms with E-state index in [2.05, 4.69) is 37.8 Å². The number of pyridine rings is 1. The molecule has 66 valence electrons. The van der Waals surface area contributed by atoms with Crippen molar-refractivity contribution in [1.82, 2.24) is 4.98 Å². The van der Waals surface area contributed by atoms with Crippen molar-refractivity contribution in [2.45, 2.75) is 10.5 Å².